The zero-order valence-electron chi connectivity index (χ0n) is 17.1. The van der Waals surface area contributed by atoms with E-state index in [4.69, 9.17) is 9.47 Å². The van der Waals surface area contributed by atoms with Gasteiger partial charge >= 0.3 is 0 Å². The Kier molecular flexibility index (Phi) is 5.19. The summed E-state index contributed by atoms with van der Waals surface area (Å²) in [5.74, 6) is 1.23. The Labute approximate surface area is 181 Å². The number of hydrogen-bond donors (Lipinski definition) is 0. The van der Waals surface area contributed by atoms with Gasteiger partial charge in [0.1, 0.15) is 0 Å². The number of carbonyl (C=O) groups excluding carboxylic acids is 1. The van der Waals surface area contributed by atoms with Crippen molar-refractivity contribution in [2.45, 2.75) is 24.2 Å². The summed E-state index contributed by atoms with van der Waals surface area (Å²) in [6.45, 7) is 1.54. The molecule has 0 unspecified atom stereocenters. The number of carbonyl (C=O) groups is 1. The highest BCUT2D eigenvalue weighted by Crippen LogP contribution is 2.33. The minimum atomic E-state index is -3.54. The van der Waals surface area contributed by atoms with Gasteiger partial charge in [0.2, 0.25) is 22.7 Å². The maximum atomic E-state index is 13.1. The maximum Gasteiger partial charge on any atom is 0.246 e. The summed E-state index contributed by atoms with van der Waals surface area (Å²) in [5, 5.41) is 0. The molecule has 1 fully saturated rings. The summed E-state index contributed by atoms with van der Waals surface area (Å²) >= 11 is 0. The lowest BCUT2D eigenvalue weighted by Crippen LogP contribution is -2.50. The molecule has 7 nitrogen and oxygen atoms in total. The molecule has 1 amide bonds. The Balaban J connectivity index is 1.21. The normalized spacial score (nSPS) is 18.5. The average Bonchev–Trinajstić information content (AvgIpc) is 3.45. The monoisotopic (exact) mass is 440 g/mol. The van der Waals surface area contributed by atoms with Crippen molar-refractivity contribution in [1.82, 2.24) is 9.21 Å². The fourth-order valence-corrected chi connectivity index (χ4v) is 5.77. The quantitative estimate of drug-likeness (QED) is 0.683. The second-order valence-corrected chi connectivity index (χ2v) is 9.90. The van der Waals surface area contributed by atoms with Crippen LogP contribution in [-0.2, 0) is 27.7 Å². The van der Waals surface area contributed by atoms with Crippen molar-refractivity contribution in [3.63, 3.8) is 0 Å². The van der Waals surface area contributed by atoms with Gasteiger partial charge in [-0.05, 0) is 66.3 Å². The number of rotatable bonds is 4. The first-order valence-corrected chi connectivity index (χ1v) is 11.9. The highest BCUT2D eigenvalue weighted by molar-refractivity contribution is 7.89. The Morgan fingerprint density at radius 1 is 0.903 bits per heavy atom. The largest absolute Gasteiger partial charge is 0.454 e. The molecular formula is C23H24N2O5S. The highest BCUT2D eigenvalue weighted by atomic mass is 32.2. The summed E-state index contributed by atoms with van der Waals surface area (Å²) in [4.78, 5) is 14.6. The Bertz CT molecular complexity index is 1150. The molecule has 0 aromatic heterocycles. The molecular weight excluding hydrogens is 416 g/mol. The standard InChI is InChI=1S/C23H24N2O5S/c26-23(9-5-17-4-8-21-22(14-17)30-16-29-21)24-10-12-25(13-11-24)31(27,28)20-7-6-18-2-1-3-19(18)15-20/h4-9,14-15H,1-3,10-13,16H2. The summed E-state index contributed by atoms with van der Waals surface area (Å²) < 4.78 is 38.2. The molecule has 0 atom stereocenters. The minimum absolute atomic E-state index is 0.132. The van der Waals surface area contributed by atoms with Crippen molar-refractivity contribution in [3.8, 4) is 11.5 Å². The molecule has 2 heterocycles. The first-order chi connectivity index (χ1) is 15.0. The molecule has 0 N–H and O–H groups in total. The lowest BCUT2D eigenvalue weighted by molar-refractivity contribution is -0.127. The van der Waals surface area contributed by atoms with Crippen molar-refractivity contribution in [2.75, 3.05) is 33.0 Å². The van der Waals surface area contributed by atoms with E-state index >= 15 is 0 Å². The van der Waals surface area contributed by atoms with Crippen LogP contribution in [0.3, 0.4) is 0 Å². The van der Waals surface area contributed by atoms with E-state index in [-0.39, 0.29) is 12.7 Å². The van der Waals surface area contributed by atoms with Gasteiger partial charge in [0.15, 0.2) is 11.5 Å². The second-order valence-electron chi connectivity index (χ2n) is 7.96. The molecule has 3 aliphatic rings. The van der Waals surface area contributed by atoms with Gasteiger partial charge in [-0.15, -0.1) is 0 Å². The number of ether oxygens (including phenoxy) is 2. The predicted molar refractivity (Wildman–Crippen MR) is 115 cm³/mol. The van der Waals surface area contributed by atoms with Gasteiger partial charge in [-0.2, -0.15) is 4.31 Å². The maximum absolute atomic E-state index is 13.1. The van der Waals surface area contributed by atoms with Gasteiger partial charge in [0, 0.05) is 32.3 Å². The molecule has 162 valence electrons. The van der Waals surface area contributed by atoms with Crippen molar-refractivity contribution in [1.29, 1.82) is 0 Å². The van der Waals surface area contributed by atoms with Crippen LogP contribution in [0.5, 0.6) is 11.5 Å². The van der Waals surface area contributed by atoms with Crippen LogP contribution in [-0.4, -0.2) is 56.5 Å². The summed E-state index contributed by atoms with van der Waals surface area (Å²) in [5.41, 5.74) is 3.24. The molecule has 0 radical (unpaired) electrons. The van der Waals surface area contributed by atoms with Crippen molar-refractivity contribution in [2.24, 2.45) is 0 Å². The van der Waals surface area contributed by atoms with E-state index in [1.807, 2.05) is 30.3 Å². The van der Waals surface area contributed by atoms with Crippen molar-refractivity contribution in [3.05, 3.63) is 59.2 Å². The number of hydrogen-bond acceptors (Lipinski definition) is 5. The van der Waals surface area contributed by atoms with E-state index in [1.54, 1.807) is 17.0 Å². The number of fused-ring (bicyclic) bond motifs is 2. The molecule has 2 aromatic carbocycles. The van der Waals surface area contributed by atoms with Gasteiger partial charge in [-0.1, -0.05) is 12.1 Å². The molecule has 8 heteroatoms. The molecule has 0 saturated carbocycles. The third-order valence-electron chi connectivity index (χ3n) is 6.07. The lowest BCUT2D eigenvalue weighted by Gasteiger charge is -2.33. The van der Waals surface area contributed by atoms with Crippen LogP contribution in [0, 0.1) is 0 Å². The van der Waals surface area contributed by atoms with Gasteiger partial charge in [0.05, 0.1) is 4.90 Å². The molecule has 5 rings (SSSR count). The predicted octanol–water partition coefficient (Wildman–Crippen LogP) is 2.45. The molecule has 1 aliphatic carbocycles. The van der Waals surface area contributed by atoms with Crippen molar-refractivity contribution >= 4 is 22.0 Å². The summed E-state index contributed by atoms with van der Waals surface area (Å²) in [6.07, 6.45) is 6.30. The van der Waals surface area contributed by atoms with E-state index < -0.39 is 10.0 Å². The Hall–Kier alpha value is -2.84. The fraction of sp³-hybridized carbons (Fsp3) is 0.348. The van der Waals surface area contributed by atoms with Crippen LogP contribution in [0.1, 0.15) is 23.1 Å². The second kappa shape index (κ2) is 8.01. The summed E-state index contributed by atoms with van der Waals surface area (Å²) in [6, 6.07) is 11.0. The number of benzene rings is 2. The van der Waals surface area contributed by atoms with Crippen LogP contribution in [0.15, 0.2) is 47.4 Å². The van der Waals surface area contributed by atoms with E-state index in [0.29, 0.717) is 42.6 Å². The van der Waals surface area contributed by atoms with Crippen LogP contribution < -0.4 is 9.47 Å². The SMILES string of the molecule is O=C(C=Cc1ccc2c(c1)OCO2)N1CCN(S(=O)(=O)c2ccc3c(c2)CCC3)CC1. The Morgan fingerprint density at radius 3 is 2.52 bits per heavy atom. The summed E-state index contributed by atoms with van der Waals surface area (Å²) in [7, 11) is -3.54. The van der Waals surface area contributed by atoms with E-state index in [0.717, 1.165) is 30.4 Å². The number of amides is 1. The third-order valence-corrected chi connectivity index (χ3v) is 7.97. The van der Waals surface area contributed by atoms with Crippen LogP contribution in [0.2, 0.25) is 0 Å². The van der Waals surface area contributed by atoms with Gasteiger partial charge in [-0.3, -0.25) is 4.79 Å². The van der Waals surface area contributed by atoms with Crippen LogP contribution in [0.4, 0.5) is 0 Å². The first-order valence-electron chi connectivity index (χ1n) is 10.5. The van der Waals surface area contributed by atoms with E-state index in [1.165, 1.54) is 15.9 Å². The number of aryl methyl sites for hydroxylation is 2. The molecule has 0 spiro atoms. The average molecular weight is 441 g/mol. The van der Waals surface area contributed by atoms with Crippen molar-refractivity contribution < 1.29 is 22.7 Å². The molecule has 1 saturated heterocycles. The molecule has 31 heavy (non-hydrogen) atoms. The van der Waals surface area contributed by atoms with Gasteiger partial charge < -0.3 is 14.4 Å². The highest BCUT2D eigenvalue weighted by Gasteiger charge is 2.30. The Morgan fingerprint density at radius 2 is 1.68 bits per heavy atom. The van der Waals surface area contributed by atoms with Gasteiger partial charge in [-0.25, -0.2) is 8.42 Å². The smallest absolute Gasteiger partial charge is 0.246 e. The third kappa shape index (κ3) is 3.93. The van der Waals surface area contributed by atoms with E-state index in [2.05, 4.69) is 0 Å². The van der Waals surface area contributed by atoms with Crippen LogP contribution >= 0.6 is 0 Å². The van der Waals surface area contributed by atoms with Gasteiger partial charge in [0.25, 0.3) is 0 Å². The zero-order valence-corrected chi connectivity index (χ0v) is 17.9. The molecule has 0 bridgehead atoms. The zero-order chi connectivity index (χ0) is 21.4. The molecule has 2 aliphatic heterocycles. The molecule has 2 aromatic rings. The minimum Gasteiger partial charge on any atom is -0.454 e. The number of piperazine rings is 1. The van der Waals surface area contributed by atoms with E-state index in [9.17, 15) is 13.2 Å². The number of nitrogens with zero attached hydrogens (tertiary/aromatic N) is 2. The topological polar surface area (TPSA) is 76.2 Å². The lowest BCUT2D eigenvalue weighted by atomic mass is 10.1. The number of sulfonamides is 1. The van der Waals surface area contributed by atoms with Crippen LogP contribution in [0.25, 0.3) is 6.08 Å². The fourth-order valence-electron chi connectivity index (χ4n) is 4.30. The first kappa shape index (κ1) is 20.1.